The second-order valence-electron chi connectivity index (χ2n) is 10.9. The Hall–Kier alpha value is -4.51. The Morgan fingerprint density at radius 3 is 2.71 bits per heavy atom. The number of nitrogens with one attached hydrogen (secondary N) is 1. The van der Waals surface area contributed by atoms with E-state index in [-0.39, 0.29) is 11.8 Å². The summed E-state index contributed by atoms with van der Waals surface area (Å²) in [4.78, 5) is 39.2. The van der Waals surface area contributed by atoms with E-state index < -0.39 is 0 Å². The minimum absolute atomic E-state index is 0.0117. The fourth-order valence-corrected chi connectivity index (χ4v) is 5.70. The minimum Gasteiger partial charge on any atom is -0.477 e. The average Bonchev–Trinajstić information content (AvgIpc) is 3.52. The van der Waals surface area contributed by atoms with Gasteiger partial charge in [-0.2, -0.15) is 5.10 Å². The van der Waals surface area contributed by atoms with E-state index in [1.807, 2.05) is 24.9 Å². The Balaban J connectivity index is 1.29. The normalized spacial score (nSPS) is 16.5. The lowest BCUT2D eigenvalue weighted by Crippen LogP contribution is -2.47. The Kier molecular flexibility index (Phi) is 7.75. The molecule has 42 heavy (non-hydrogen) atoms. The number of nitrogens with zero attached hydrogens (tertiary/aromatic N) is 7. The summed E-state index contributed by atoms with van der Waals surface area (Å²) in [5, 5.41) is 7.45. The summed E-state index contributed by atoms with van der Waals surface area (Å²) in [5.41, 5.74) is 5.63. The van der Waals surface area contributed by atoms with Gasteiger partial charge in [0.2, 0.25) is 17.7 Å². The van der Waals surface area contributed by atoms with Crippen LogP contribution in [0.4, 0.5) is 5.95 Å². The molecule has 2 bridgehead atoms. The number of anilines is 1. The van der Waals surface area contributed by atoms with E-state index in [1.165, 1.54) is 11.6 Å². The lowest BCUT2D eigenvalue weighted by Gasteiger charge is -2.34. The molecule has 5 heterocycles. The molecule has 11 heteroatoms. The summed E-state index contributed by atoms with van der Waals surface area (Å²) < 4.78 is 9.97. The van der Waals surface area contributed by atoms with Crippen molar-refractivity contribution in [2.75, 3.05) is 38.1 Å². The average molecular weight is 569 g/mol. The number of aromatic nitrogens is 5. The van der Waals surface area contributed by atoms with Gasteiger partial charge in [0.1, 0.15) is 0 Å². The van der Waals surface area contributed by atoms with Gasteiger partial charge in [-0.15, -0.1) is 0 Å². The quantitative estimate of drug-likeness (QED) is 0.375. The molecule has 0 spiro atoms. The van der Waals surface area contributed by atoms with Crippen molar-refractivity contribution in [3.63, 3.8) is 0 Å². The zero-order valence-electron chi connectivity index (χ0n) is 24.2. The number of amides is 2. The van der Waals surface area contributed by atoms with Gasteiger partial charge in [-0.25, -0.2) is 9.67 Å². The maximum atomic E-state index is 13.6. The van der Waals surface area contributed by atoms with Gasteiger partial charge in [0, 0.05) is 57.6 Å². The predicted octanol–water partition coefficient (Wildman–Crippen LogP) is 3.79. The van der Waals surface area contributed by atoms with Gasteiger partial charge in [-0.05, 0) is 62.1 Å². The molecule has 0 unspecified atom stereocenters. The molecule has 218 valence electrons. The van der Waals surface area contributed by atoms with Crippen LogP contribution >= 0.6 is 0 Å². The summed E-state index contributed by atoms with van der Waals surface area (Å²) in [7, 11) is 1.85. The zero-order chi connectivity index (χ0) is 29.2. The number of hydrogen-bond donors (Lipinski definition) is 1. The fourth-order valence-electron chi connectivity index (χ4n) is 5.70. The van der Waals surface area contributed by atoms with Crippen molar-refractivity contribution in [2.45, 2.75) is 39.3 Å². The summed E-state index contributed by atoms with van der Waals surface area (Å²) in [5.74, 6) is 0.927. The first-order valence-corrected chi connectivity index (χ1v) is 14.5. The standard InChI is InChI=1S/C31H36N8O3/c1-4-28(40)38-13-11-37(12-14-38)20-22-8-9-25-27(17-22)39-10-6-5-7-15-42-30-24(19-32-36(30)3)26-18-23(16-21(2)33-26)29(41)35-31(39)34-25/h4,8-9,16-19H,1,5-7,10-15,20H2,2-3H3,(H,34,35,41). The summed E-state index contributed by atoms with van der Waals surface area (Å²) >= 11 is 0. The molecule has 1 fully saturated rings. The van der Waals surface area contributed by atoms with Crippen molar-refractivity contribution in [1.82, 2.24) is 34.1 Å². The van der Waals surface area contributed by atoms with E-state index in [4.69, 9.17) is 9.72 Å². The van der Waals surface area contributed by atoms with E-state index >= 15 is 0 Å². The number of benzene rings is 1. The maximum absolute atomic E-state index is 13.6. The summed E-state index contributed by atoms with van der Waals surface area (Å²) in [6.45, 7) is 10.6. The molecular weight excluding hydrogens is 532 g/mol. The van der Waals surface area contributed by atoms with Gasteiger partial charge in [-0.1, -0.05) is 12.6 Å². The first-order chi connectivity index (χ1) is 20.4. The van der Waals surface area contributed by atoms with Gasteiger partial charge in [0.15, 0.2) is 0 Å². The number of carbonyl (C=O) groups excluding carboxylic acids is 2. The molecule has 2 amide bonds. The summed E-state index contributed by atoms with van der Waals surface area (Å²) in [6.07, 6.45) is 5.87. The number of fused-ring (bicyclic) bond motifs is 7. The van der Waals surface area contributed by atoms with Crippen LogP contribution in [0.15, 0.2) is 49.2 Å². The molecular formula is C31H36N8O3. The van der Waals surface area contributed by atoms with Crippen molar-refractivity contribution in [3.8, 4) is 17.1 Å². The first kappa shape index (κ1) is 27.6. The van der Waals surface area contributed by atoms with Crippen LogP contribution in [-0.4, -0.2) is 78.7 Å². The highest BCUT2D eigenvalue weighted by Crippen LogP contribution is 2.30. The molecule has 4 aromatic rings. The first-order valence-electron chi connectivity index (χ1n) is 14.5. The highest BCUT2D eigenvalue weighted by molar-refractivity contribution is 6.04. The van der Waals surface area contributed by atoms with Crippen LogP contribution in [0.25, 0.3) is 22.3 Å². The van der Waals surface area contributed by atoms with E-state index in [0.29, 0.717) is 42.8 Å². The van der Waals surface area contributed by atoms with Crippen LogP contribution in [0.3, 0.4) is 0 Å². The SMILES string of the molecule is C=CC(=O)N1CCN(Cc2ccc3nc4n(c3c2)CCCCCOc2c(cnn2C)-c2cc(cc(C)n2)C(=O)N4)CC1. The Morgan fingerprint density at radius 2 is 1.90 bits per heavy atom. The van der Waals surface area contributed by atoms with E-state index in [2.05, 4.69) is 43.6 Å². The van der Waals surface area contributed by atoms with Crippen molar-refractivity contribution >= 4 is 28.8 Å². The van der Waals surface area contributed by atoms with Crippen molar-refractivity contribution in [3.05, 3.63) is 66.0 Å². The highest BCUT2D eigenvalue weighted by atomic mass is 16.5. The van der Waals surface area contributed by atoms with Crippen LogP contribution in [0.5, 0.6) is 5.88 Å². The second kappa shape index (κ2) is 11.8. The lowest BCUT2D eigenvalue weighted by molar-refractivity contribution is -0.127. The van der Waals surface area contributed by atoms with Gasteiger partial charge in [-0.3, -0.25) is 24.8 Å². The number of imidazole rings is 1. The van der Waals surface area contributed by atoms with Crippen LogP contribution in [0, 0.1) is 6.92 Å². The number of carbonyl (C=O) groups is 2. The van der Waals surface area contributed by atoms with Crippen molar-refractivity contribution in [1.29, 1.82) is 0 Å². The number of hydrogen-bond acceptors (Lipinski definition) is 7. The third-order valence-electron chi connectivity index (χ3n) is 7.94. The Bertz CT molecular complexity index is 1650. The van der Waals surface area contributed by atoms with Crippen LogP contribution in [0.2, 0.25) is 0 Å². The van der Waals surface area contributed by atoms with Gasteiger partial charge >= 0.3 is 0 Å². The summed E-state index contributed by atoms with van der Waals surface area (Å²) in [6, 6.07) is 9.86. The van der Waals surface area contributed by atoms with E-state index in [9.17, 15) is 9.59 Å². The zero-order valence-corrected chi connectivity index (χ0v) is 24.2. The van der Waals surface area contributed by atoms with Gasteiger partial charge in [0.25, 0.3) is 5.91 Å². The number of piperazine rings is 1. The highest BCUT2D eigenvalue weighted by Gasteiger charge is 2.22. The molecule has 1 aromatic carbocycles. The molecule has 0 aliphatic carbocycles. The third-order valence-corrected chi connectivity index (χ3v) is 7.94. The Labute approximate surface area is 244 Å². The van der Waals surface area contributed by atoms with Gasteiger partial charge in [0.05, 0.1) is 35.1 Å². The van der Waals surface area contributed by atoms with Crippen LogP contribution in [0.1, 0.15) is 40.9 Å². The number of ether oxygens (including phenoxy) is 1. The molecule has 1 N–H and O–H groups in total. The largest absolute Gasteiger partial charge is 0.477 e. The van der Waals surface area contributed by atoms with Crippen LogP contribution in [-0.2, 0) is 24.9 Å². The molecule has 2 aliphatic rings. The lowest BCUT2D eigenvalue weighted by atomic mass is 10.1. The van der Waals surface area contributed by atoms with E-state index in [0.717, 1.165) is 67.7 Å². The van der Waals surface area contributed by atoms with Crippen molar-refractivity contribution in [2.24, 2.45) is 7.05 Å². The molecule has 0 radical (unpaired) electrons. The fraction of sp³-hybridized carbons (Fsp3) is 0.387. The third kappa shape index (κ3) is 5.64. The number of rotatable bonds is 3. The second-order valence-corrected chi connectivity index (χ2v) is 10.9. The number of aryl methyl sites for hydroxylation is 3. The molecule has 1 saturated heterocycles. The van der Waals surface area contributed by atoms with Gasteiger partial charge < -0.3 is 14.2 Å². The molecule has 0 atom stereocenters. The molecule has 6 rings (SSSR count). The molecule has 3 aromatic heterocycles. The molecule has 0 saturated carbocycles. The molecule has 11 nitrogen and oxygen atoms in total. The predicted molar refractivity (Wildman–Crippen MR) is 160 cm³/mol. The monoisotopic (exact) mass is 568 g/mol. The molecule has 2 aliphatic heterocycles. The minimum atomic E-state index is -0.244. The van der Waals surface area contributed by atoms with E-state index in [1.54, 1.807) is 23.0 Å². The van der Waals surface area contributed by atoms with Crippen LogP contribution < -0.4 is 10.1 Å². The van der Waals surface area contributed by atoms with Crippen molar-refractivity contribution < 1.29 is 14.3 Å². The Morgan fingerprint density at radius 1 is 1.07 bits per heavy atom. The number of pyridine rings is 1. The smallest absolute Gasteiger partial charge is 0.258 e. The maximum Gasteiger partial charge on any atom is 0.258 e. The topological polar surface area (TPSA) is 110 Å².